The van der Waals surface area contributed by atoms with Gasteiger partial charge in [0, 0.05) is 17.6 Å². The molecule has 0 aromatic heterocycles. The maximum atomic E-state index is 11.0. The third-order valence-corrected chi connectivity index (χ3v) is 5.95. The van der Waals surface area contributed by atoms with Crippen molar-refractivity contribution in [2.45, 2.75) is 26.7 Å². The van der Waals surface area contributed by atoms with Gasteiger partial charge in [0.15, 0.2) is 0 Å². The molecule has 0 atom stereocenters. The Labute approximate surface area is 204 Å². The minimum Gasteiger partial charge on any atom is -0.514 e. The molecule has 164 valence electrons. The number of para-hydroxylation sites is 3. The van der Waals surface area contributed by atoms with Gasteiger partial charge in [0.05, 0.1) is 5.69 Å². The van der Waals surface area contributed by atoms with Crippen molar-refractivity contribution >= 4 is 22.8 Å². The molecule has 0 amide bonds. The smallest absolute Gasteiger partial charge is 0.514 e. The van der Waals surface area contributed by atoms with Crippen molar-refractivity contribution in [1.82, 2.24) is 0 Å². The first-order valence-corrected chi connectivity index (χ1v) is 10.6. The number of nitrogens with zero attached hydrogens (tertiary/aromatic N) is 2. The number of allylic oxidation sites excluding steroid dienone is 1. The van der Waals surface area contributed by atoms with E-state index in [0.29, 0.717) is 5.75 Å². The molecule has 0 saturated carbocycles. The van der Waals surface area contributed by atoms with Crippen LogP contribution < -0.4 is 10.2 Å². The van der Waals surface area contributed by atoms with Gasteiger partial charge in [-0.3, -0.25) is 0 Å². The van der Waals surface area contributed by atoms with Crippen molar-refractivity contribution < 1.29 is 26.2 Å². The molecular weight excluding hydrogens is 577 g/mol. The summed E-state index contributed by atoms with van der Waals surface area (Å²) < 4.78 is 0. The van der Waals surface area contributed by atoms with E-state index in [-0.39, 0.29) is 26.5 Å². The number of aromatic hydroxyl groups is 1. The number of hydrogen-bond donors (Lipinski definition) is 2. The number of fused-ring (bicyclic) bond motifs is 1. The summed E-state index contributed by atoms with van der Waals surface area (Å²) in [6.45, 7) is 6.22. The van der Waals surface area contributed by atoms with Crippen molar-refractivity contribution in [3.8, 4) is 5.75 Å². The van der Waals surface area contributed by atoms with Crippen LogP contribution in [0.5, 0.6) is 5.75 Å². The normalized spacial score (nSPS) is 15.7. The predicted octanol–water partition coefficient (Wildman–Crippen LogP) is 6.00. The molecule has 0 fully saturated rings. The van der Waals surface area contributed by atoms with Crippen LogP contribution >= 0.6 is 0 Å². The van der Waals surface area contributed by atoms with Crippen molar-refractivity contribution in [3.63, 3.8) is 0 Å². The number of rotatable bonds is 5. The minimum atomic E-state index is -0.0712. The van der Waals surface area contributed by atoms with Crippen LogP contribution in [0.4, 0.5) is 17.1 Å². The SMILES string of the molecule is CC1(C)C=CN=C1c1[c-]c(CCc2cccc(N3[CH-]Nc4ccccc43)c2O)ccc1.[Pt+2]. The number of phenolic OH excluding ortho intramolecular Hbond substituents is 1. The zero-order chi connectivity index (χ0) is 21.4. The van der Waals surface area contributed by atoms with Crippen LogP contribution in [0, 0.1) is 18.2 Å². The van der Waals surface area contributed by atoms with E-state index < -0.39 is 0 Å². The second-order valence-corrected chi connectivity index (χ2v) is 8.55. The first-order chi connectivity index (χ1) is 15.0. The number of phenols is 1. The van der Waals surface area contributed by atoms with Gasteiger partial charge in [0.25, 0.3) is 0 Å². The number of nitrogens with one attached hydrogen (secondary N) is 1. The van der Waals surface area contributed by atoms with Crippen LogP contribution in [0.15, 0.2) is 77.9 Å². The summed E-state index contributed by atoms with van der Waals surface area (Å²) in [5.74, 6) is 0.318. The average Bonchev–Trinajstić information content (AvgIpc) is 3.36. The van der Waals surface area contributed by atoms with E-state index in [1.807, 2.05) is 60.2 Å². The molecule has 5 rings (SSSR count). The molecule has 0 saturated heterocycles. The average molecular weight is 603 g/mol. The Bertz CT molecular complexity index is 1200. The Morgan fingerprint density at radius 1 is 1.00 bits per heavy atom. The van der Waals surface area contributed by atoms with Crippen molar-refractivity contribution in [3.05, 3.63) is 102 Å². The quantitative estimate of drug-likeness (QED) is 0.353. The minimum absolute atomic E-state index is 0. The monoisotopic (exact) mass is 602 g/mol. The van der Waals surface area contributed by atoms with E-state index in [1.165, 1.54) is 0 Å². The van der Waals surface area contributed by atoms with E-state index >= 15 is 0 Å². The van der Waals surface area contributed by atoms with Gasteiger partial charge >= 0.3 is 21.1 Å². The predicted molar refractivity (Wildman–Crippen MR) is 127 cm³/mol. The molecule has 0 aliphatic carbocycles. The van der Waals surface area contributed by atoms with Gasteiger partial charge in [-0.15, -0.1) is 35.4 Å². The van der Waals surface area contributed by atoms with Crippen LogP contribution in [-0.4, -0.2) is 10.8 Å². The van der Waals surface area contributed by atoms with Gasteiger partial charge in [-0.2, -0.15) is 6.67 Å². The van der Waals surface area contributed by atoms with Gasteiger partial charge in [-0.25, -0.2) is 0 Å². The zero-order valence-corrected chi connectivity index (χ0v) is 20.3. The second kappa shape index (κ2) is 8.96. The molecule has 0 radical (unpaired) electrons. The maximum absolute atomic E-state index is 11.0. The summed E-state index contributed by atoms with van der Waals surface area (Å²) in [5, 5.41) is 14.3. The Morgan fingerprint density at radius 2 is 1.78 bits per heavy atom. The summed E-state index contributed by atoms with van der Waals surface area (Å²) in [5.41, 5.74) is 6.91. The first kappa shape index (κ1) is 22.4. The first-order valence-electron chi connectivity index (χ1n) is 10.6. The molecule has 0 spiro atoms. The van der Waals surface area contributed by atoms with Gasteiger partial charge in [-0.05, 0) is 47.7 Å². The molecule has 4 nitrogen and oxygen atoms in total. The second-order valence-electron chi connectivity index (χ2n) is 8.55. The summed E-state index contributed by atoms with van der Waals surface area (Å²) in [7, 11) is 0. The van der Waals surface area contributed by atoms with Crippen LogP contribution in [0.2, 0.25) is 0 Å². The standard InChI is InChI=1S/C27H25N3O.Pt/c1-27(2)15-16-28-26(27)21-9-5-7-19(17-21)13-14-20-8-6-12-24(25(20)31)30-18-29-22-10-3-4-11-23(22)30;/h3-12,15-16,18,29,31H,13-14H2,1-2H3;/q-2;+2. The molecule has 2 heterocycles. The molecule has 0 bridgehead atoms. The molecule has 5 heteroatoms. The van der Waals surface area contributed by atoms with E-state index in [0.717, 1.165) is 52.3 Å². The summed E-state index contributed by atoms with van der Waals surface area (Å²) in [6.07, 6.45) is 5.53. The third-order valence-electron chi connectivity index (χ3n) is 5.95. The van der Waals surface area contributed by atoms with Crippen LogP contribution in [0.25, 0.3) is 0 Å². The summed E-state index contributed by atoms with van der Waals surface area (Å²) in [4.78, 5) is 6.55. The third kappa shape index (κ3) is 4.12. The van der Waals surface area contributed by atoms with E-state index in [2.05, 4.69) is 54.5 Å². The molecule has 2 aliphatic rings. The molecule has 2 aliphatic heterocycles. The number of aryl methyl sites for hydroxylation is 2. The Balaban J connectivity index is 0.00000245. The van der Waals surface area contributed by atoms with Gasteiger partial charge in [0.1, 0.15) is 5.75 Å². The van der Waals surface area contributed by atoms with Crippen molar-refractivity contribution in [1.29, 1.82) is 0 Å². The van der Waals surface area contributed by atoms with Gasteiger partial charge in [-0.1, -0.05) is 44.2 Å². The van der Waals surface area contributed by atoms with E-state index in [9.17, 15) is 5.11 Å². The van der Waals surface area contributed by atoms with Crippen LogP contribution in [-0.2, 0) is 33.9 Å². The van der Waals surface area contributed by atoms with E-state index in [1.54, 1.807) is 0 Å². The molecule has 2 N–H and O–H groups in total. The van der Waals surface area contributed by atoms with Gasteiger partial charge < -0.3 is 20.3 Å². The Kier molecular flexibility index (Phi) is 6.26. The van der Waals surface area contributed by atoms with Gasteiger partial charge in [0.2, 0.25) is 0 Å². The summed E-state index contributed by atoms with van der Waals surface area (Å²) in [6, 6.07) is 23.8. The largest absolute Gasteiger partial charge is 2.00 e. The molecule has 0 unspecified atom stereocenters. The topological polar surface area (TPSA) is 47.9 Å². The maximum Gasteiger partial charge on any atom is 2.00 e. The Hall–Kier alpha value is -2.84. The Morgan fingerprint density at radius 3 is 2.59 bits per heavy atom. The van der Waals surface area contributed by atoms with Crippen LogP contribution in [0.3, 0.4) is 0 Å². The molecule has 3 aromatic carbocycles. The molecule has 32 heavy (non-hydrogen) atoms. The number of benzene rings is 3. The molecule has 3 aromatic rings. The van der Waals surface area contributed by atoms with Crippen molar-refractivity contribution in [2.24, 2.45) is 10.4 Å². The zero-order valence-electron chi connectivity index (χ0n) is 18.1. The summed E-state index contributed by atoms with van der Waals surface area (Å²) >= 11 is 0. The fourth-order valence-electron chi connectivity index (χ4n) is 4.21. The molecular formula is C27H25N3OPt. The number of aliphatic imine (C=N–C) groups is 1. The fraction of sp³-hybridized carbons (Fsp3) is 0.185. The van der Waals surface area contributed by atoms with E-state index in [4.69, 9.17) is 0 Å². The number of anilines is 3. The number of hydrogen-bond acceptors (Lipinski definition) is 4. The fourth-order valence-corrected chi connectivity index (χ4v) is 4.21. The van der Waals surface area contributed by atoms with Crippen LogP contribution in [0.1, 0.15) is 30.5 Å². The van der Waals surface area contributed by atoms with Crippen molar-refractivity contribution in [2.75, 3.05) is 10.2 Å².